The van der Waals surface area contributed by atoms with Crippen molar-refractivity contribution < 1.29 is 12.8 Å². The Morgan fingerprint density at radius 2 is 2.00 bits per heavy atom. The summed E-state index contributed by atoms with van der Waals surface area (Å²) in [6.45, 7) is 0. The predicted molar refractivity (Wildman–Crippen MR) is 59.1 cm³/mol. The third kappa shape index (κ3) is 4.05. The van der Waals surface area contributed by atoms with Crippen molar-refractivity contribution in [2.75, 3.05) is 16.4 Å². The van der Waals surface area contributed by atoms with Gasteiger partial charge in [0.25, 0.3) is 0 Å². The number of sulfonamides is 1. The molecule has 0 saturated heterocycles. The van der Waals surface area contributed by atoms with Gasteiger partial charge in [0, 0.05) is 5.88 Å². The van der Waals surface area contributed by atoms with Crippen LogP contribution >= 0.6 is 11.6 Å². The average molecular weight is 252 g/mol. The number of alkyl halides is 1. The first-order chi connectivity index (χ1) is 7.05. The van der Waals surface area contributed by atoms with E-state index in [4.69, 9.17) is 11.6 Å². The monoisotopic (exact) mass is 251 g/mol. The smallest absolute Gasteiger partial charge is 0.232 e. The Bertz CT molecular complexity index is 422. The number of benzene rings is 1. The van der Waals surface area contributed by atoms with Crippen LogP contribution in [0.1, 0.15) is 6.42 Å². The molecule has 1 aromatic rings. The summed E-state index contributed by atoms with van der Waals surface area (Å²) in [5.74, 6) is -0.435. The van der Waals surface area contributed by atoms with Crippen LogP contribution in [0.25, 0.3) is 0 Å². The van der Waals surface area contributed by atoms with Crippen molar-refractivity contribution in [2.45, 2.75) is 6.42 Å². The van der Waals surface area contributed by atoms with Crippen molar-refractivity contribution in [1.29, 1.82) is 0 Å². The maximum absolute atomic E-state index is 13.1. The molecule has 0 aromatic heterocycles. The Labute approximate surface area is 93.3 Å². The second-order valence-corrected chi connectivity index (χ2v) is 5.16. The van der Waals surface area contributed by atoms with Crippen LogP contribution in [0.3, 0.4) is 0 Å². The highest BCUT2D eigenvalue weighted by Gasteiger charge is 2.11. The minimum absolute atomic E-state index is 0.0351. The van der Waals surface area contributed by atoms with Crippen molar-refractivity contribution in [3.8, 4) is 0 Å². The Balaban J connectivity index is 2.74. The third-order valence-electron chi connectivity index (χ3n) is 1.69. The van der Waals surface area contributed by atoms with Gasteiger partial charge in [-0.1, -0.05) is 12.1 Å². The molecule has 0 fully saturated rings. The molecule has 0 amide bonds. The molecular weight excluding hydrogens is 241 g/mol. The molecule has 0 atom stereocenters. The lowest BCUT2D eigenvalue weighted by atomic mass is 10.3. The summed E-state index contributed by atoms with van der Waals surface area (Å²) < 4.78 is 38.0. The first-order valence-electron chi connectivity index (χ1n) is 4.36. The van der Waals surface area contributed by atoms with E-state index in [1.54, 1.807) is 6.07 Å². The number of halogens is 2. The lowest BCUT2D eigenvalue weighted by Gasteiger charge is -2.07. The third-order valence-corrected chi connectivity index (χ3v) is 3.31. The van der Waals surface area contributed by atoms with E-state index in [2.05, 4.69) is 4.72 Å². The van der Waals surface area contributed by atoms with Crippen LogP contribution in [0.5, 0.6) is 0 Å². The summed E-state index contributed by atoms with van der Waals surface area (Å²) >= 11 is 5.38. The van der Waals surface area contributed by atoms with Crippen LogP contribution in [-0.4, -0.2) is 20.1 Å². The normalized spacial score (nSPS) is 11.3. The summed E-state index contributed by atoms with van der Waals surface area (Å²) in [6.07, 6.45) is 0.339. The second kappa shape index (κ2) is 5.32. The lowest BCUT2D eigenvalue weighted by Crippen LogP contribution is -2.17. The molecule has 0 heterocycles. The SMILES string of the molecule is O=S(=O)(CCCCl)Nc1ccccc1F. The van der Waals surface area contributed by atoms with Crippen LogP contribution in [0.2, 0.25) is 0 Å². The van der Waals surface area contributed by atoms with Gasteiger partial charge in [0.2, 0.25) is 10.0 Å². The molecule has 84 valence electrons. The number of nitrogens with one attached hydrogen (secondary N) is 1. The molecule has 0 aliphatic heterocycles. The highest BCUT2D eigenvalue weighted by atomic mass is 35.5. The summed E-state index contributed by atoms with van der Waals surface area (Å²) in [6, 6.07) is 5.61. The topological polar surface area (TPSA) is 46.2 Å². The Hall–Kier alpha value is -0.810. The summed E-state index contributed by atoms with van der Waals surface area (Å²) in [5, 5.41) is 0. The fourth-order valence-corrected chi connectivity index (χ4v) is 2.43. The highest BCUT2D eigenvalue weighted by molar-refractivity contribution is 7.92. The molecule has 0 unspecified atom stereocenters. The zero-order valence-corrected chi connectivity index (χ0v) is 9.48. The minimum atomic E-state index is -3.49. The minimum Gasteiger partial charge on any atom is -0.281 e. The van der Waals surface area contributed by atoms with E-state index in [1.165, 1.54) is 18.2 Å². The molecule has 6 heteroatoms. The van der Waals surface area contributed by atoms with Crippen molar-refractivity contribution >= 4 is 27.3 Å². The van der Waals surface area contributed by atoms with Gasteiger partial charge in [0.1, 0.15) is 5.82 Å². The van der Waals surface area contributed by atoms with Crippen molar-refractivity contribution in [3.63, 3.8) is 0 Å². The molecule has 1 rings (SSSR count). The molecule has 0 saturated carbocycles. The van der Waals surface area contributed by atoms with Gasteiger partial charge in [-0.05, 0) is 18.6 Å². The number of rotatable bonds is 5. The number of hydrogen-bond acceptors (Lipinski definition) is 2. The molecule has 0 radical (unpaired) electrons. The van der Waals surface area contributed by atoms with Gasteiger partial charge in [0.05, 0.1) is 11.4 Å². The molecule has 0 spiro atoms. The molecule has 1 aromatic carbocycles. The summed E-state index contributed by atoms with van der Waals surface area (Å²) in [7, 11) is -3.49. The fourth-order valence-electron chi connectivity index (χ4n) is 1.01. The standard InChI is InChI=1S/C9H11ClFNO2S/c10-6-3-7-15(13,14)12-9-5-2-1-4-8(9)11/h1-2,4-5,12H,3,6-7H2. The van der Waals surface area contributed by atoms with E-state index in [0.29, 0.717) is 6.42 Å². The van der Waals surface area contributed by atoms with E-state index in [-0.39, 0.29) is 17.3 Å². The summed E-state index contributed by atoms with van der Waals surface area (Å²) in [4.78, 5) is 0. The molecule has 0 aliphatic rings. The zero-order valence-electron chi connectivity index (χ0n) is 7.91. The molecule has 1 N–H and O–H groups in total. The Morgan fingerprint density at radius 1 is 1.33 bits per heavy atom. The first kappa shape index (κ1) is 12.3. The van der Waals surface area contributed by atoms with Crippen molar-refractivity contribution in [1.82, 2.24) is 0 Å². The molecule has 15 heavy (non-hydrogen) atoms. The van der Waals surface area contributed by atoms with Crippen LogP contribution in [0.15, 0.2) is 24.3 Å². The summed E-state index contributed by atoms with van der Waals surface area (Å²) in [5.41, 5.74) is -0.0351. The van der Waals surface area contributed by atoms with Gasteiger partial charge in [-0.3, -0.25) is 4.72 Å². The molecule has 0 aliphatic carbocycles. The number of hydrogen-bond donors (Lipinski definition) is 1. The fraction of sp³-hybridized carbons (Fsp3) is 0.333. The van der Waals surface area contributed by atoms with Gasteiger partial charge in [-0.2, -0.15) is 0 Å². The van der Waals surface area contributed by atoms with E-state index >= 15 is 0 Å². The van der Waals surface area contributed by atoms with Gasteiger partial charge in [-0.15, -0.1) is 11.6 Å². The van der Waals surface area contributed by atoms with E-state index in [1.807, 2.05) is 0 Å². The van der Waals surface area contributed by atoms with E-state index < -0.39 is 15.8 Å². The average Bonchev–Trinajstić information content (AvgIpc) is 2.18. The Morgan fingerprint density at radius 3 is 2.60 bits per heavy atom. The van der Waals surface area contributed by atoms with Crippen LogP contribution < -0.4 is 4.72 Å². The van der Waals surface area contributed by atoms with Crippen molar-refractivity contribution in [2.24, 2.45) is 0 Å². The maximum atomic E-state index is 13.1. The van der Waals surface area contributed by atoms with Gasteiger partial charge in [-0.25, -0.2) is 12.8 Å². The number of para-hydroxylation sites is 1. The van der Waals surface area contributed by atoms with E-state index in [9.17, 15) is 12.8 Å². The van der Waals surface area contributed by atoms with Gasteiger partial charge >= 0.3 is 0 Å². The van der Waals surface area contributed by atoms with Crippen molar-refractivity contribution in [3.05, 3.63) is 30.1 Å². The Kier molecular flexibility index (Phi) is 4.35. The van der Waals surface area contributed by atoms with Gasteiger partial charge < -0.3 is 0 Å². The second-order valence-electron chi connectivity index (χ2n) is 2.94. The molecule has 0 bridgehead atoms. The van der Waals surface area contributed by atoms with Crippen LogP contribution in [0.4, 0.5) is 10.1 Å². The molecule has 3 nitrogen and oxygen atoms in total. The first-order valence-corrected chi connectivity index (χ1v) is 6.55. The zero-order chi connectivity index (χ0) is 11.3. The predicted octanol–water partition coefficient (Wildman–Crippen LogP) is 2.20. The highest BCUT2D eigenvalue weighted by Crippen LogP contribution is 2.14. The largest absolute Gasteiger partial charge is 0.281 e. The van der Waals surface area contributed by atoms with Gasteiger partial charge in [0.15, 0.2) is 0 Å². The van der Waals surface area contributed by atoms with Crippen LogP contribution in [0, 0.1) is 5.82 Å². The quantitative estimate of drug-likeness (QED) is 0.816. The lowest BCUT2D eigenvalue weighted by molar-refractivity contribution is 0.597. The number of anilines is 1. The van der Waals surface area contributed by atoms with E-state index in [0.717, 1.165) is 0 Å². The van der Waals surface area contributed by atoms with Crippen LogP contribution in [-0.2, 0) is 10.0 Å². The maximum Gasteiger partial charge on any atom is 0.232 e. The molecular formula is C9H11ClFNO2S.